The number of hydrogen-bond donors (Lipinski definition) is 1. The van der Waals surface area contributed by atoms with Gasteiger partial charge >= 0.3 is 12.0 Å². The van der Waals surface area contributed by atoms with E-state index in [1.807, 2.05) is 0 Å². The van der Waals surface area contributed by atoms with Crippen molar-refractivity contribution in [3.63, 3.8) is 0 Å². The minimum atomic E-state index is -4.89. The van der Waals surface area contributed by atoms with Crippen molar-refractivity contribution in [1.29, 1.82) is 0 Å². The molecule has 0 radical (unpaired) electrons. The lowest BCUT2D eigenvalue weighted by atomic mass is 10.1. The first kappa shape index (κ1) is 19.5. The number of halogens is 4. The van der Waals surface area contributed by atoms with Crippen molar-refractivity contribution in [2.45, 2.75) is 6.36 Å². The zero-order valence-corrected chi connectivity index (χ0v) is 14.5. The number of aromatic hydroxyl groups is 1. The molecule has 0 aliphatic heterocycles. The maximum Gasteiger partial charge on any atom is 0.573 e. The van der Waals surface area contributed by atoms with Gasteiger partial charge in [0, 0.05) is 0 Å². The molecule has 28 heavy (non-hydrogen) atoms. The van der Waals surface area contributed by atoms with Crippen molar-refractivity contribution in [3.05, 3.63) is 75.1 Å². The maximum absolute atomic E-state index is 12.3. The van der Waals surface area contributed by atoms with Crippen LogP contribution in [0.15, 0.2) is 57.8 Å². The summed E-state index contributed by atoms with van der Waals surface area (Å²) in [7, 11) is 0. The summed E-state index contributed by atoms with van der Waals surface area (Å²) in [5.74, 6) is -1.96. The molecule has 0 bridgehead atoms. The Balaban J connectivity index is 1.89. The van der Waals surface area contributed by atoms with E-state index in [9.17, 15) is 27.9 Å². The summed E-state index contributed by atoms with van der Waals surface area (Å²) in [5, 5.41) is 10.1. The Kier molecular flexibility index (Phi) is 5.15. The molecule has 1 heterocycles. The Bertz CT molecular complexity index is 1150. The number of carbonyl (C=O) groups is 1. The third-order valence-electron chi connectivity index (χ3n) is 3.64. The predicted molar refractivity (Wildman–Crippen MR) is 95.6 cm³/mol. The molecule has 2 aromatic carbocycles. The van der Waals surface area contributed by atoms with Crippen LogP contribution in [0.5, 0.6) is 11.5 Å². The van der Waals surface area contributed by atoms with Crippen molar-refractivity contribution in [2.75, 3.05) is 0 Å². The number of ketones is 1. The number of alkyl halides is 3. The van der Waals surface area contributed by atoms with Crippen molar-refractivity contribution >= 4 is 34.4 Å². The minimum absolute atomic E-state index is 0.123. The van der Waals surface area contributed by atoms with Crippen LogP contribution in [0.25, 0.3) is 17.0 Å². The number of allylic oxidation sites excluding steroid dienone is 1. The van der Waals surface area contributed by atoms with E-state index >= 15 is 0 Å². The van der Waals surface area contributed by atoms with Gasteiger partial charge in [-0.2, -0.15) is 0 Å². The van der Waals surface area contributed by atoms with Gasteiger partial charge in [-0.3, -0.25) is 4.79 Å². The van der Waals surface area contributed by atoms with Gasteiger partial charge in [0.25, 0.3) is 0 Å². The average molecular weight is 411 g/mol. The Hall–Kier alpha value is -3.26. The summed E-state index contributed by atoms with van der Waals surface area (Å²) >= 11 is 5.73. The molecule has 5 nitrogen and oxygen atoms in total. The number of benzene rings is 2. The molecule has 3 aromatic rings. The number of para-hydroxylation sites is 1. The van der Waals surface area contributed by atoms with Gasteiger partial charge in [-0.25, -0.2) is 4.79 Å². The summed E-state index contributed by atoms with van der Waals surface area (Å²) < 4.78 is 45.5. The highest BCUT2D eigenvalue weighted by molar-refractivity contribution is 6.32. The summed E-state index contributed by atoms with van der Waals surface area (Å²) in [5.41, 5.74) is -1.18. The van der Waals surface area contributed by atoms with E-state index in [1.165, 1.54) is 24.3 Å². The lowest BCUT2D eigenvalue weighted by molar-refractivity contribution is -0.274. The highest BCUT2D eigenvalue weighted by atomic mass is 35.5. The van der Waals surface area contributed by atoms with Crippen molar-refractivity contribution in [3.8, 4) is 11.5 Å². The van der Waals surface area contributed by atoms with E-state index in [4.69, 9.17) is 16.0 Å². The second-order valence-corrected chi connectivity index (χ2v) is 5.95. The molecule has 0 amide bonds. The van der Waals surface area contributed by atoms with Crippen LogP contribution in [0.4, 0.5) is 13.2 Å². The Morgan fingerprint density at radius 3 is 2.57 bits per heavy atom. The van der Waals surface area contributed by atoms with Crippen molar-refractivity contribution < 1.29 is 32.2 Å². The topological polar surface area (TPSA) is 76.7 Å². The van der Waals surface area contributed by atoms with Crippen LogP contribution >= 0.6 is 11.6 Å². The first-order valence-corrected chi connectivity index (χ1v) is 8.06. The molecule has 144 valence electrons. The lowest BCUT2D eigenvalue weighted by Crippen LogP contribution is -2.17. The molecule has 0 unspecified atom stereocenters. The number of ether oxygens (including phenoxy) is 1. The molecule has 3 rings (SSSR count). The molecule has 1 aromatic heterocycles. The largest absolute Gasteiger partial charge is 0.573 e. The van der Waals surface area contributed by atoms with E-state index in [0.717, 1.165) is 18.2 Å². The molecule has 1 N–H and O–H groups in total. The van der Waals surface area contributed by atoms with E-state index in [2.05, 4.69) is 4.74 Å². The predicted octanol–water partition coefficient (Wildman–Crippen LogP) is 4.95. The Labute approximate surface area is 160 Å². The zero-order valence-electron chi connectivity index (χ0n) is 13.8. The second kappa shape index (κ2) is 7.40. The van der Waals surface area contributed by atoms with Crippen LogP contribution in [0.3, 0.4) is 0 Å². The van der Waals surface area contributed by atoms with Gasteiger partial charge in [-0.1, -0.05) is 35.9 Å². The summed E-state index contributed by atoms with van der Waals surface area (Å²) in [6.45, 7) is 0. The van der Waals surface area contributed by atoms with Crippen LogP contribution < -0.4 is 10.4 Å². The van der Waals surface area contributed by atoms with Gasteiger partial charge in [0.15, 0.2) is 5.78 Å². The van der Waals surface area contributed by atoms with E-state index in [-0.39, 0.29) is 21.6 Å². The van der Waals surface area contributed by atoms with Crippen molar-refractivity contribution in [1.82, 2.24) is 0 Å². The molecule has 0 saturated carbocycles. The van der Waals surface area contributed by atoms with Gasteiger partial charge in [0.2, 0.25) is 0 Å². The normalized spacial score (nSPS) is 11.9. The maximum atomic E-state index is 12.3. The van der Waals surface area contributed by atoms with Crippen molar-refractivity contribution in [2.24, 2.45) is 0 Å². The number of rotatable bonds is 4. The smallest absolute Gasteiger partial charge is 0.506 e. The van der Waals surface area contributed by atoms with Crippen LogP contribution in [0.2, 0.25) is 5.02 Å². The SMILES string of the molecule is O=C(/C=C/c1ccc(OC(F)(F)F)c(Cl)c1)c1c(O)c2ccccc2oc1=O. The van der Waals surface area contributed by atoms with Gasteiger partial charge < -0.3 is 14.3 Å². The molecular weight excluding hydrogens is 401 g/mol. The third-order valence-corrected chi connectivity index (χ3v) is 3.94. The third kappa shape index (κ3) is 4.17. The average Bonchev–Trinajstić information content (AvgIpc) is 2.61. The quantitative estimate of drug-likeness (QED) is 0.374. The standard InChI is InChI=1S/C19H10ClF3O5/c20-12-9-10(6-8-15(12)28-19(21,22)23)5-7-13(24)16-17(25)11-3-1-2-4-14(11)27-18(16)26/h1-9,25H/b7-5+. The van der Waals surface area contributed by atoms with Gasteiger partial charge in [-0.05, 0) is 35.9 Å². The lowest BCUT2D eigenvalue weighted by Gasteiger charge is -2.10. The fourth-order valence-corrected chi connectivity index (χ4v) is 2.66. The second-order valence-electron chi connectivity index (χ2n) is 5.54. The van der Waals surface area contributed by atoms with Crippen LogP contribution in [0.1, 0.15) is 15.9 Å². The number of carbonyl (C=O) groups excluding carboxylic acids is 1. The minimum Gasteiger partial charge on any atom is -0.506 e. The molecule has 0 saturated heterocycles. The summed E-state index contributed by atoms with van der Waals surface area (Å²) in [4.78, 5) is 24.3. The van der Waals surface area contributed by atoms with Gasteiger partial charge in [-0.15, -0.1) is 13.2 Å². The molecule has 0 spiro atoms. The molecule has 0 aliphatic rings. The summed E-state index contributed by atoms with van der Waals surface area (Å²) in [6.07, 6.45) is -2.70. The highest BCUT2D eigenvalue weighted by Crippen LogP contribution is 2.31. The molecule has 0 atom stereocenters. The Morgan fingerprint density at radius 1 is 1.18 bits per heavy atom. The number of hydrogen-bond acceptors (Lipinski definition) is 5. The van der Waals surface area contributed by atoms with E-state index in [0.29, 0.717) is 0 Å². The van der Waals surface area contributed by atoms with Gasteiger partial charge in [0.05, 0.1) is 10.4 Å². The summed E-state index contributed by atoms with van der Waals surface area (Å²) in [6, 6.07) is 9.51. The molecule has 0 aliphatic carbocycles. The van der Waals surface area contributed by atoms with Crippen LogP contribution in [-0.2, 0) is 0 Å². The molecular formula is C19H10ClF3O5. The first-order chi connectivity index (χ1) is 13.2. The fraction of sp³-hybridized carbons (Fsp3) is 0.0526. The monoisotopic (exact) mass is 410 g/mol. The van der Waals surface area contributed by atoms with Gasteiger partial charge in [0.1, 0.15) is 22.6 Å². The zero-order chi connectivity index (χ0) is 20.5. The highest BCUT2D eigenvalue weighted by Gasteiger charge is 2.32. The van der Waals surface area contributed by atoms with Crippen LogP contribution in [0, 0.1) is 0 Å². The molecule has 0 fully saturated rings. The van der Waals surface area contributed by atoms with E-state index in [1.54, 1.807) is 12.1 Å². The van der Waals surface area contributed by atoms with Crippen LogP contribution in [-0.4, -0.2) is 17.3 Å². The van der Waals surface area contributed by atoms with E-state index < -0.39 is 34.8 Å². The fourth-order valence-electron chi connectivity index (χ4n) is 2.43. The number of fused-ring (bicyclic) bond motifs is 1. The molecule has 9 heteroatoms. The Morgan fingerprint density at radius 2 is 1.89 bits per heavy atom. The first-order valence-electron chi connectivity index (χ1n) is 7.68.